The second kappa shape index (κ2) is 5.77. The van der Waals surface area contributed by atoms with Crippen molar-refractivity contribution in [2.24, 2.45) is 11.8 Å². The van der Waals surface area contributed by atoms with E-state index in [1.807, 2.05) is 6.07 Å². The molecule has 0 saturated carbocycles. The zero-order chi connectivity index (χ0) is 16.0. The number of aliphatic hydroxyl groups excluding tert-OH is 1. The first-order chi connectivity index (χ1) is 11.2. The molecule has 0 radical (unpaired) electrons. The summed E-state index contributed by atoms with van der Waals surface area (Å²) in [7, 11) is 0. The smallest absolute Gasteiger partial charge is 0.116 e. The summed E-state index contributed by atoms with van der Waals surface area (Å²) < 4.78 is 0. The third-order valence-corrected chi connectivity index (χ3v) is 5.90. The number of aliphatic hydroxyl groups is 1. The first kappa shape index (κ1) is 14.9. The summed E-state index contributed by atoms with van der Waals surface area (Å²) in [5, 5.41) is 21.7. The number of pyridine rings is 1. The van der Waals surface area contributed by atoms with Gasteiger partial charge in [0.1, 0.15) is 5.75 Å². The molecule has 2 aromatic rings. The minimum absolute atomic E-state index is 0.185. The fourth-order valence-corrected chi connectivity index (χ4v) is 4.59. The largest absolute Gasteiger partial charge is 0.508 e. The fourth-order valence-electron chi connectivity index (χ4n) is 4.59. The summed E-state index contributed by atoms with van der Waals surface area (Å²) in [6.07, 6.45) is 4.80. The van der Waals surface area contributed by atoms with E-state index in [1.165, 1.54) is 12.8 Å². The van der Waals surface area contributed by atoms with Crippen molar-refractivity contribution < 1.29 is 10.2 Å². The lowest BCUT2D eigenvalue weighted by Gasteiger charge is -2.51. The van der Waals surface area contributed by atoms with Crippen LogP contribution in [0.4, 0.5) is 0 Å². The van der Waals surface area contributed by atoms with Crippen molar-refractivity contribution >= 4 is 10.9 Å². The number of piperidine rings is 3. The maximum Gasteiger partial charge on any atom is 0.116 e. The standard InChI is InChI=1S/C19H24N2O2/c1-2-12-11-21-8-6-13(12)9-18(21)19(23)15-5-7-20-17-4-3-14(22)10-16(15)17/h3-5,7,10,12-13,18-19,22-23H,2,6,8-9,11H2,1H3/t12?,13-,18?,19?/m0/s1. The van der Waals surface area contributed by atoms with Gasteiger partial charge in [-0.3, -0.25) is 9.88 Å². The highest BCUT2D eigenvalue weighted by Gasteiger charge is 2.42. The molecule has 0 aliphatic carbocycles. The van der Waals surface area contributed by atoms with Crippen LogP contribution in [0, 0.1) is 11.8 Å². The molecular weight excluding hydrogens is 288 g/mol. The third-order valence-electron chi connectivity index (χ3n) is 5.90. The highest BCUT2D eigenvalue weighted by atomic mass is 16.3. The van der Waals surface area contributed by atoms with Crippen LogP contribution in [0.3, 0.4) is 0 Å². The van der Waals surface area contributed by atoms with E-state index in [0.29, 0.717) is 0 Å². The molecule has 4 heterocycles. The molecule has 4 unspecified atom stereocenters. The van der Waals surface area contributed by atoms with E-state index >= 15 is 0 Å². The normalized spacial score (nSPS) is 31.4. The zero-order valence-corrected chi connectivity index (χ0v) is 13.5. The van der Waals surface area contributed by atoms with E-state index in [9.17, 15) is 10.2 Å². The maximum atomic E-state index is 11.1. The minimum atomic E-state index is -0.525. The van der Waals surface area contributed by atoms with Gasteiger partial charge in [0.15, 0.2) is 0 Å². The van der Waals surface area contributed by atoms with E-state index in [0.717, 1.165) is 47.8 Å². The Morgan fingerprint density at radius 2 is 2.22 bits per heavy atom. The number of aromatic nitrogens is 1. The van der Waals surface area contributed by atoms with Gasteiger partial charge in [-0.1, -0.05) is 13.3 Å². The summed E-state index contributed by atoms with van der Waals surface area (Å²) in [6, 6.07) is 7.24. The van der Waals surface area contributed by atoms with Crippen molar-refractivity contribution in [3.8, 4) is 5.75 Å². The Morgan fingerprint density at radius 3 is 2.96 bits per heavy atom. The van der Waals surface area contributed by atoms with Gasteiger partial charge in [0.25, 0.3) is 0 Å². The van der Waals surface area contributed by atoms with Crippen molar-refractivity contribution in [2.45, 2.75) is 38.3 Å². The molecule has 3 aliphatic heterocycles. The highest BCUT2D eigenvalue weighted by Crippen LogP contribution is 2.42. The van der Waals surface area contributed by atoms with Crippen molar-refractivity contribution in [3.05, 3.63) is 36.0 Å². The van der Waals surface area contributed by atoms with Crippen LogP contribution in [0.1, 0.15) is 37.9 Å². The quantitative estimate of drug-likeness (QED) is 0.914. The van der Waals surface area contributed by atoms with Gasteiger partial charge in [0.2, 0.25) is 0 Å². The van der Waals surface area contributed by atoms with Gasteiger partial charge in [-0.25, -0.2) is 0 Å². The lowest BCUT2D eigenvalue weighted by molar-refractivity contribution is -0.0562. The van der Waals surface area contributed by atoms with Crippen LogP contribution in [0.15, 0.2) is 30.5 Å². The number of aromatic hydroxyl groups is 1. The van der Waals surface area contributed by atoms with E-state index in [-0.39, 0.29) is 11.8 Å². The Kier molecular flexibility index (Phi) is 3.74. The van der Waals surface area contributed by atoms with Gasteiger partial charge in [-0.15, -0.1) is 0 Å². The molecule has 1 aromatic heterocycles. The van der Waals surface area contributed by atoms with Gasteiger partial charge in [0.05, 0.1) is 11.6 Å². The molecule has 4 heteroatoms. The summed E-state index contributed by atoms with van der Waals surface area (Å²) in [6.45, 7) is 4.48. The van der Waals surface area contributed by atoms with Crippen molar-refractivity contribution in [2.75, 3.05) is 13.1 Å². The fraction of sp³-hybridized carbons (Fsp3) is 0.526. The molecule has 3 aliphatic rings. The van der Waals surface area contributed by atoms with E-state index in [2.05, 4.69) is 16.8 Å². The van der Waals surface area contributed by atoms with Crippen molar-refractivity contribution in [3.63, 3.8) is 0 Å². The average Bonchev–Trinajstić information content (AvgIpc) is 2.60. The number of fused-ring (bicyclic) bond motifs is 4. The number of phenols is 1. The molecule has 5 atom stereocenters. The Bertz CT molecular complexity index is 718. The second-order valence-corrected chi connectivity index (χ2v) is 7.06. The average molecular weight is 312 g/mol. The number of hydrogen-bond acceptors (Lipinski definition) is 4. The van der Waals surface area contributed by atoms with Crippen LogP contribution >= 0.6 is 0 Å². The summed E-state index contributed by atoms with van der Waals surface area (Å²) >= 11 is 0. The predicted octanol–water partition coefficient (Wildman–Crippen LogP) is 3.09. The number of rotatable bonds is 3. The number of phenolic OH excluding ortho intramolecular Hbond substituents is 1. The lowest BCUT2D eigenvalue weighted by atomic mass is 9.72. The zero-order valence-electron chi connectivity index (χ0n) is 13.5. The van der Waals surface area contributed by atoms with Gasteiger partial charge in [0, 0.05) is 24.2 Å². The lowest BCUT2D eigenvalue weighted by Crippen LogP contribution is -2.55. The molecule has 0 spiro atoms. The number of benzene rings is 1. The Labute approximate surface area is 136 Å². The van der Waals surface area contributed by atoms with Gasteiger partial charge in [-0.2, -0.15) is 0 Å². The van der Waals surface area contributed by atoms with Gasteiger partial charge < -0.3 is 10.2 Å². The van der Waals surface area contributed by atoms with Crippen LogP contribution in [-0.4, -0.2) is 39.2 Å². The second-order valence-electron chi connectivity index (χ2n) is 7.06. The maximum absolute atomic E-state index is 11.1. The van der Waals surface area contributed by atoms with Crippen LogP contribution in [0.25, 0.3) is 10.9 Å². The Morgan fingerprint density at radius 1 is 1.35 bits per heavy atom. The van der Waals surface area contributed by atoms with E-state index < -0.39 is 6.10 Å². The molecule has 5 rings (SSSR count). The molecule has 1 aromatic carbocycles. The molecule has 3 saturated heterocycles. The van der Waals surface area contributed by atoms with Crippen LogP contribution in [0.2, 0.25) is 0 Å². The Balaban J connectivity index is 1.68. The van der Waals surface area contributed by atoms with E-state index in [1.54, 1.807) is 24.4 Å². The van der Waals surface area contributed by atoms with Crippen LogP contribution < -0.4 is 0 Å². The Hall–Kier alpha value is -1.65. The monoisotopic (exact) mass is 312 g/mol. The minimum Gasteiger partial charge on any atom is -0.508 e. The number of hydrogen-bond donors (Lipinski definition) is 2. The van der Waals surface area contributed by atoms with Crippen molar-refractivity contribution in [1.29, 1.82) is 0 Å². The van der Waals surface area contributed by atoms with Gasteiger partial charge in [-0.05, 0) is 61.1 Å². The summed E-state index contributed by atoms with van der Waals surface area (Å²) in [4.78, 5) is 6.81. The molecule has 2 N–H and O–H groups in total. The molecule has 23 heavy (non-hydrogen) atoms. The number of nitrogens with zero attached hydrogens (tertiary/aromatic N) is 2. The van der Waals surface area contributed by atoms with Crippen LogP contribution in [-0.2, 0) is 0 Å². The first-order valence-corrected chi connectivity index (χ1v) is 8.67. The summed E-state index contributed by atoms with van der Waals surface area (Å²) in [5.41, 5.74) is 1.71. The topological polar surface area (TPSA) is 56.6 Å². The third kappa shape index (κ3) is 2.50. The highest BCUT2D eigenvalue weighted by molar-refractivity contribution is 5.83. The molecule has 2 bridgehead atoms. The SMILES string of the molecule is CCC1CN2CC[C@H]1CC2C(O)c1ccnc2ccc(O)cc12. The first-order valence-electron chi connectivity index (χ1n) is 8.67. The molecule has 0 amide bonds. The predicted molar refractivity (Wildman–Crippen MR) is 90.2 cm³/mol. The molecule has 122 valence electrons. The molecule has 3 fully saturated rings. The van der Waals surface area contributed by atoms with Crippen LogP contribution in [0.5, 0.6) is 5.75 Å². The van der Waals surface area contributed by atoms with Crippen molar-refractivity contribution in [1.82, 2.24) is 9.88 Å². The van der Waals surface area contributed by atoms with E-state index in [4.69, 9.17) is 0 Å². The molecular formula is C19H24N2O2. The van der Waals surface area contributed by atoms with Gasteiger partial charge >= 0.3 is 0 Å². The molecule has 4 nitrogen and oxygen atoms in total. The summed E-state index contributed by atoms with van der Waals surface area (Å²) in [5.74, 6) is 1.74.